The summed E-state index contributed by atoms with van der Waals surface area (Å²) in [6.45, 7) is 7.99. The summed E-state index contributed by atoms with van der Waals surface area (Å²) in [6.07, 6.45) is 6.59. The Morgan fingerprint density at radius 1 is 1.04 bits per heavy atom. The van der Waals surface area contributed by atoms with E-state index in [0.717, 1.165) is 53.5 Å². The molecular weight excluding hydrogens is 350 g/mol. The number of pyridine rings is 1. The summed E-state index contributed by atoms with van der Waals surface area (Å²) < 4.78 is 3.78. The maximum Gasteiger partial charge on any atom is 0.153 e. The third-order valence-corrected chi connectivity index (χ3v) is 5.69. The summed E-state index contributed by atoms with van der Waals surface area (Å²) in [4.78, 5) is 11.4. The molecule has 1 aliphatic rings. The first kappa shape index (κ1) is 16.9. The number of hydrogen-bond acceptors (Lipinski definition) is 5. The van der Waals surface area contributed by atoms with Crippen LogP contribution in [-0.2, 0) is 20.0 Å². The van der Waals surface area contributed by atoms with Crippen molar-refractivity contribution in [2.24, 2.45) is 7.05 Å². The average Bonchev–Trinajstić information content (AvgIpc) is 3.23. The normalized spacial score (nSPS) is 13.9. The van der Waals surface area contributed by atoms with Gasteiger partial charge in [-0.1, -0.05) is 0 Å². The van der Waals surface area contributed by atoms with Gasteiger partial charge in [0.05, 0.1) is 5.69 Å². The molecule has 1 aliphatic heterocycles. The molecule has 0 unspecified atom stereocenters. The lowest BCUT2D eigenvalue weighted by atomic mass is 9.99. The van der Waals surface area contributed by atoms with Crippen LogP contribution < -0.4 is 4.90 Å². The maximum atomic E-state index is 4.79. The molecule has 0 fully saturated rings. The summed E-state index contributed by atoms with van der Waals surface area (Å²) >= 11 is 0. The van der Waals surface area contributed by atoms with Gasteiger partial charge in [-0.3, -0.25) is 9.67 Å². The Labute approximate surface area is 163 Å². The fraction of sp³-hybridized carbons (Fsp3) is 0.333. The van der Waals surface area contributed by atoms with Crippen LogP contribution in [0.5, 0.6) is 0 Å². The Hall–Kier alpha value is -3.22. The third kappa shape index (κ3) is 2.58. The fourth-order valence-corrected chi connectivity index (χ4v) is 4.18. The van der Waals surface area contributed by atoms with Gasteiger partial charge in [-0.25, -0.2) is 9.50 Å². The van der Waals surface area contributed by atoms with Crippen molar-refractivity contribution in [3.63, 3.8) is 0 Å². The van der Waals surface area contributed by atoms with E-state index in [1.165, 1.54) is 16.8 Å². The molecule has 0 saturated heterocycles. The molecule has 0 bridgehead atoms. The molecule has 0 N–H and O–H groups in total. The van der Waals surface area contributed by atoms with Crippen LogP contribution >= 0.6 is 0 Å². The Bertz CT molecular complexity index is 1200. The Kier molecular flexibility index (Phi) is 3.72. The number of hydrogen-bond donors (Lipinski definition) is 0. The van der Waals surface area contributed by atoms with Crippen molar-refractivity contribution in [2.75, 3.05) is 11.4 Å². The molecule has 0 aliphatic carbocycles. The van der Waals surface area contributed by atoms with Crippen molar-refractivity contribution in [1.82, 2.24) is 29.4 Å². The van der Waals surface area contributed by atoms with Gasteiger partial charge in [0.25, 0.3) is 0 Å². The van der Waals surface area contributed by atoms with Crippen molar-refractivity contribution in [3.8, 4) is 11.1 Å². The molecule has 0 saturated carbocycles. The molecule has 7 nitrogen and oxygen atoms in total. The molecule has 5 rings (SSSR count). The second-order valence-corrected chi connectivity index (χ2v) is 7.55. The van der Waals surface area contributed by atoms with E-state index >= 15 is 0 Å². The van der Waals surface area contributed by atoms with Crippen LogP contribution in [0.15, 0.2) is 30.7 Å². The van der Waals surface area contributed by atoms with Gasteiger partial charge in [0.1, 0.15) is 0 Å². The number of rotatable bonds is 2. The average molecular weight is 373 g/mol. The summed E-state index contributed by atoms with van der Waals surface area (Å²) in [5, 5.41) is 9.35. The van der Waals surface area contributed by atoms with Crippen LogP contribution in [-0.4, -0.2) is 35.9 Å². The number of anilines is 1. The van der Waals surface area contributed by atoms with Gasteiger partial charge >= 0.3 is 0 Å². The lowest BCUT2D eigenvalue weighted by Crippen LogP contribution is -2.32. The van der Waals surface area contributed by atoms with Gasteiger partial charge in [0, 0.05) is 67.7 Å². The van der Waals surface area contributed by atoms with Gasteiger partial charge in [-0.2, -0.15) is 5.10 Å². The number of nitrogens with zero attached hydrogens (tertiary/aromatic N) is 7. The molecule has 0 aromatic carbocycles. The molecule has 142 valence electrons. The zero-order valence-corrected chi connectivity index (χ0v) is 16.6. The van der Waals surface area contributed by atoms with E-state index in [1.54, 1.807) is 6.20 Å². The summed E-state index contributed by atoms with van der Waals surface area (Å²) in [5.74, 6) is 1.01. The summed E-state index contributed by atoms with van der Waals surface area (Å²) in [7, 11) is 1.99. The van der Waals surface area contributed by atoms with Crippen LogP contribution in [0, 0.1) is 20.8 Å². The quantitative estimate of drug-likeness (QED) is 0.540. The number of imidazole rings is 1. The van der Waals surface area contributed by atoms with Gasteiger partial charge in [0.15, 0.2) is 11.5 Å². The minimum Gasteiger partial charge on any atom is -0.350 e. The SMILES string of the molecule is Cc1cc2nccn2nc1N1CCc2ncc(-c3c(C)nn(C)c3C)cc2C1. The van der Waals surface area contributed by atoms with E-state index in [2.05, 4.69) is 47.9 Å². The molecule has 0 radical (unpaired) electrons. The summed E-state index contributed by atoms with van der Waals surface area (Å²) in [6, 6.07) is 4.37. The van der Waals surface area contributed by atoms with Gasteiger partial charge in [0.2, 0.25) is 0 Å². The van der Waals surface area contributed by atoms with Crippen molar-refractivity contribution >= 4 is 11.5 Å². The lowest BCUT2D eigenvalue weighted by Gasteiger charge is -2.30. The van der Waals surface area contributed by atoms with E-state index in [9.17, 15) is 0 Å². The van der Waals surface area contributed by atoms with Crippen LogP contribution in [0.1, 0.15) is 28.2 Å². The largest absolute Gasteiger partial charge is 0.350 e. The summed E-state index contributed by atoms with van der Waals surface area (Å²) in [5.41, 5.74) is 8.99. The van der Waals surface area contributed by atoms with Crippen molar-refractivity contribution in [3.05, 3.63) is 58.9 Å². The van der Waals surface area contributed by atoms with E-state index < -0.39 is 0 Å². The van der Waals surface area contributed by atoms with Gasteiger partial charge < -0.3 is 4.90 Å². The Morgan fingerprint density at radius 2 is 1.89 bits per heavy atom. The number of aromatic nitrogens is 6. The lowest BCUT2D eigenvalue weighted by molar-refractivity contribution is 0.689. The zero-order chi connectivity index (χ0) is 19.4. The second kappa shape index (κ2) is 6.15. The molecular formula is C21H23N7. The molecule has 4 aromatic heterocycles. The van der Waals surface area contributed by atoms with Crippen molar-refractivity contribution in [2.45, 2.75) is 33.7 Å². The highest BCUT2D eigenvalue weighted by Crippen LogP contribution is 2.30. The Morgan fingerprint density at radius 3 is 2.68 bits per heavy atom. The maximum absolute atomic E-state index is 4.79. The highest BCUT2D eigenvalue weighted by Gasteiger charge is 2.22. The van der Waals surface area contributed by atoms with E-state index in [-0.39, 0.29) is 0 Å². The van der Waals surface area contributed by atoms with Crippen LogP contribution in [0.25, 0.3) is 16.8 Å². The Balaban J connectivity index is 1.53. The topological polar surface area (TPSA) is 64.1 Å². The van der Waals surface area contributed by atoms with E-state index in [1.807, 2.05) is 28.6 Å². The molecule has 0 amide bonds. The van der Waals surface area contributed by atoms with Crippen LogP contribution in [0.2, 0.25) is 0 Å². The zero-order valence-electron chi connectivity index (χ0n) is 16.6. The third-order valence-electron chi connectivity index (χ3n) is 5.69. The number of aryl methyl sites for hydroxylation is 3. The monoisotopic (exact) mass is 373 g/mol. The highest BCUT2D eigenvalue weighted by atomic mass is 15.3. The van der Waals surface area contributed by atoms with Gasteiger partial charge in [-0.15, -0.1) is 5.10 Å². The smallest absolute Gasteiger partial charge is 0.153 e. The highest BCUT2D eigenvalue weighted by molar-refractivity contribution is 5.69. The number of fused-ring (bicyclic) bond motifs is 2. The molecule has 4 aromatic rings. The van der Waals surface area contributed by atoms with Crippen LogP contribution in [0.4, 0.5) is 5.82 Å². The predicted molar refractivity (Wildman–Crippen MR) is 108 cm³/mol. The minimum atomic E-state index is 0.808. The van der Waals surface area contributed by atoms with Crippen molar-refractivity contribution in [1.29, 1.82) is 0 Å². The standard InChI is InChI=1S/C21H23N7/c1-13-9-19-22-6-8-28(19)25-21(13)27-7-5-18-17(12-27)10-16(11-23-18)20-14(2)24-26(4)15(20)3/h6,8-11H,5,7,12H2,1-4H3. The first-order valence-electron chi connectivity index (χ1n) is 9.55. The van der Waals surface area contributed by atoms with Crippen molar-refractivity contribution < 1.29 is 0 Å². The van der Waals surface area contributed by atoms with Gasteiger partial charge in [-0.05, 0) is 44.0 Å². The molecule has 5 heterocycles. The molecule has 0 atom stereocenters. The second-order valence-electron chi connectivity index (χ2n) is 7.55. The molecule has 28 heavy (non-hydrogen) atoms. The molecule has 0 spiro atoms. The van der Waals surface area contributed by atoms with E-state index in [4.69, 9.17) is 10.1 Å². The first-order valence-corrected chi connectivity index (χ1v) is 9.55. The minimum absolute atomic E-state index is 0.808. The first-order chi connectivity index (χ1) is 13.5. The fourth-order valence-electron chi connectivity index (χ4n) is 4.18. The van der Waals surface area contributed by atoms with Crippen LogP contribution in [0.3, 0.4) is 0 Å². The van der Waals surface area contributed by atoms with E-state index in [0.29, 0.717) is 0 Å². The molecule has 7 heteroatoms. The predicted octanol–water partition coefficient (Wildman–Crippen LogP) is 3.01.